The van der Waals surface area contributed by atoms with Crippen LogP contribution in [-0.2, 0) is 6.61 Å². The predicted octanol–water partition coefficient (Wildman–Crippen LogP) is 2.42. The summed E-state index contributed by atoms with van der Waals surface area (Å²) in [5, 5.41) is 8.89. The van der Waals surface area contributed by atoms with Gasteiger partial charge in [0.2, 0.25) is 0 Å². The summed E-state index contributed by atoms with van der Waals surface area (Å²) in [6.45, 7) is -0.792. The minimum Gasteiger partial charge on any atom is -0.491 e. The molecule has 0 saturated heterocycles. The molecule has 0 spiro atoms. The number of aliphatic hydroxyl groups is 1. The molecule has 0 fully saturated rings. The van der Waals surface area contributed by atoms with Crippen LogP contribution < -0.4 is 9.47 Å². The second-order valence-electron chi connectivity index (χ2n) is 3.05. The molecule has 0 atom stereocenters. The Bertz CT molecular complexity index is 421. The molecule has 0 unspecified atom stereocenters. The zero-order chi connectivity index (χ0) is 13.9. The van der Waals surface area contributed by atoms with Gasteiger partial charge in [0.15, 0.2) is 5.75 Å². The Hall–Kier alpha value is -1.64. The van der Waals surface area contributed by atoms with Gasteiger partial charge in [-0.2, -0.15) is 0 Å². The highest BCUT2D eigenvalue weighted by Gasteiger charge is 2.34. The highest BCUT2D eigenvalue weighted by molar-refractivity contribution is 5.43. The highest BCUT2D eigenvalue weighted by atomic mass is 19.4. The fourth-order valence-electron chi connectivity index (χ4n) is 1.21. The van der Waals surface area contributed by atoms with Gasteiger partial charge in [0, 0.05) is 5.56 Å². The van der Waals surface area contributed by atoms with Gasteiger partial charge >= 0.3 is 6.36 Å². The van der Waals surface area contributed by atoms with Crippen LogP contribution in [0, 0.1) is 0 Å². The third kappa shape index (κ3) is 3.42. The Morgan fingerprint density at radius 3 is 2.39 bits per heavy atom. The summed E-state index contributed by atoms with van der Waals surface area (Å²) in [7, 11) is 1.00. The molecule has 1 rings (SSSR count). The molecule has 18 heavy (non-hydrogen) atoms. The first-order valence-electron chi connectivity index (χ1n) is 4.51. The highest BCUT2D eigenvalue weighted by Crippen LogP contribution is 2.35. The standard InChI is InChI=1S/C9H8F5NO3/c1-17-6-4(3-16)2-5(7(10)11)15-8(6)18-9(12,13)14/h2,7,16H,3H2,1H3. The van der Waals surface area contributed by atoms with E-state index in [1.165, 1.54) is 0 Å². The maximum absolute atomic E-state index is 12.4. The number of nitrogens with zero attached hydrogens (tertiary/aromatic N) is 1. The number of hydrogen-bond donors (Lipinski definition) is 1. The van der Waals surface area contributed by atoms with Gasteiger partial charge in [0.25, 0.3) is 12.3 Å². The predicted molar refractivity (Wildman–Crippen MR) is 48.4 cm³/mol. The Labute approximate surface area is 98.0 Å². The monoisotopic (exact) mass is 273 g/mol. The van der Waals surface area contributed by atoms with E-state index in [2.05, 4.69) is 14.5 Å². The number of alkyl halides is 5. The summed E-state index contributed by atoms with van der Waals surface area (Å²) in [6, 6.07) is 0.743. The zero-order valence-corrected chi connectivity index (χ0v) is 8.96. The maximum atomic E-state index is 12.4. The van der Waals surface area contributed by atoms with Crippen molar-refractivity contribution in [2.75, 3.05) is 7.11 Å². The Morgan fingerprint density at radius 1 is 1.39 bits per heavy atom. The normalized spacial score (nSPS) is 11.8. The molecule has 0 saturated carbocycles. The van der Waals surface area contributed by atoms with Crippen molar-refractivity contribution in [2.45, 2.75) is 19.4 Å². The van der Waals surface area contributed by atoms with E-state index in [9.17, 15) is 22.0 Å². The lowest BCUT2D eigenvalue weighted by molar-refractivity contribution is -0.276. The summed E-state index contributed by atoms with van der Waals surface area (Å²) in [5.41, 5.74) is -1.22. The number of aromatic nitrogens is 1. The van der Waals surface area contributed by atoms with Crippen molar-refractivity contribution < 1.29 is 36.5 Å². The van der Waals surface area contributed by atoms with Crippen molar-refractivity contribution in [3.63, 3.8) is 0 Å². The second-order valence-corrected chi connectivity index (χ2v) is 3.05. The summed E-state index contributed by atoms with van der Waals surface area (Å²) in [6.07, 6.45) is -8.20. The Kier molecular flexibility index (Phi) is 4.28. The van der Waals surface area contributed by atoms with Gasteiger partial charge in [-0.1, -0.05) is 0 Å². The van der Waals surface area contributed by atoms with E-state index < -0.39 is 36.7 Å². The quantitative estimate of drug-likeness (QED) is 0.856. The SMILES string of the molecule is COc1c(CO)cc(C(F)F)nc1OC(F)(F)F. The molecule has 0 aliphatic carbocycles. The minimum atomic E-state index is -5.10. The van der Waals surface area contributed by atoms with E-state index in [1.54, 1.807) is 0 Å². The van der Waals surface area contributed by atoms with Crippen molar-refractivity contribution in [3.05, 3.63) is 17.3 Å². The molecule has 0 aromatic carbocycles. The number of halogens is 5. The van der Waals surface area contributed by atoms with Crippen molar-refractivity contribution in [2.24, 2.45) is 0 Å². The van der Waals surface area contributed by atoms with Crippen molar-refractivity contribution in [1.82, 2.24) is 4.98 Å². The molecule has 102 valence electrons. The number of hydrogen-bond acceptors (Lipinski definition) is 4. The average Bonchev–Trinajstić information content (AvgIpc) is 2.25. The first kappa shape index (κ1) is 14.4. The zero-order valence-electron chi connectivity index (χ0n) is 8.96. The van der Waals surface area contributed by atoms with Gasteiger partial charge in [0.05, 0.1) is 13.7 Å². The second kappa shape index (κ2) is 5.34. The van der Waals surface area contributed by atoms with Gasteiger partial charge in [-0.15, -0.1) is 13.2 Å². The fourth-order valence-corrected chi connectivity index (χ4v) is 1.21. The molecule has 1 heterocycles. The van der Waals surface area contributed by atoms with Crippen LogP contribution in [-0.4, -0.2) is 23.6 Å². The van der Waals surface area contributed by atoms with Gasteiger partial charge in [-0.25, -0.2) is 13.8 Å². The van der Waals surface area contributed by atoms with E-state index in [0.717, 1.165) is 13.2 Å². The Morgan fingerprint density at radius 2 is 2.00 bits per heavy atom. The van der Waals surface area contributed by atoms with Crippen LogP contribution in [0.2, 0.25) is 0 Å². The third-order valence-corrected chi connectivity index (χ3v) is 1.85. The fraction of sp³-hybridized carbons (Fsp3) is 0.444. The average molecular weight is 273 g/mol. The molecule has 4 nitrogen and oxygen atoms in total. The molecule has 1 aromatic rings. The van der Waals surface area contributed by atoms with Crippen molar-refractivity contribution >= 4 is 0 Å². The van der Waals surface area contributed by atoms with E-state index in [-0.39, 0.29) is 5.56 Å². The van der Waals surface area contributed by atoms with Crippen LogP contribution in [0.15, 0.2) is 6.07 Å². The largest absolute Gasteiger partial charge is 0.574 e. The first-order valence-corrected chi connectivity index (χ1v) is 4.51. The number of aliphatic hydroxyl groups excluding tert-OH is 1. The van der Waals surface area contributed by atoms with E-state index in [4.69, 9.17) is 5.11 Å². The van der Waals surface area contributed by atoms with E-state index in [1.807, 2.05) is 0 Å². The van der Waals surface area contributed by atoms with Crippen LogP contribution in [0.4, 0.5) is 22.0 Å². The third-order valence-electron chi connectivity index (χ3n) is 1.85. The van der Waals surface area contributed by atoms with Crippen LogP contribution in [0.25, 0.3) is 0 Å². The molecule has 0 radical (unpaired) electrons. The lowest BCUT2D eigenvalue weighted by Gasteiger charge is -2.15. The van der Waals surface area contributed by atoms with Crippen molar-refractivity contribution in [3.8, 4) is 11.6 Å². The molecule has 0 aliphatic rings. The minimum absolute atomic E-state index is 0.276. The van der Waals surface area contributed by atoms with Gasteiger partial charge < -0.3 is 14.6 Å². The molecular formula is C9H8F5NO3. The van der Waals surface area contributed by atoms with Crippen molar-refractivity contribution in [1.29, 1.82) is 0 Å². The van der Waals surface area contributed by atoms with Gasteiger partial charge in [-0.05, 0) is 6.07 Å². The first-order chi connectivity index (χ1) is 8.28. The molecular weight excluding hydrogens is 265 g/mol. The lowest BCUT2D eigenvalue weighted by atomic mass is 10.2. The molecule has 9 heteroatoms. The number of ether oxygens (including phenoxy) is 2. The van der Waals surface area contributed by atoms with Crippen LogP contribution in [0.3, 0.4) is 0 Å². The van der Waals surface area contributed by atoms with Gasteiger partial charge in [-0.3, -0.25) is 0 Å². The molecule has 1 aromatic heterocycles. The number of rotatable bonds is 4. The van der Waals surface area contributed by atoms with E-state index in [0.29, 0.717) is 0 Å². The molecule has 0 amide bonds. The summed E-state index contributed by atoms with van der Waals surface area (Å²) in [4.78, 5) is 3.01. The lowest BCUT2D eigenvalue weighted by Crippen LogP contribution is -2.19. The molecule has 1 N–H and O–H groups in total. The Balaban J connectivity index is 3.31. The summed E-state index contributed by atoms with van der Waals surface area (Å²) >= 11 is 0. The van der Waals surface area contributed by atoms with Crippen LogP contribution in [0.1, 0.15) is 17.7 Å². The number of methoxy groups -OCH3 is 1. The van der Waals surface area contributed by atoms with E-state index >= 15 is 0 Å². The summed E-state index contributed by atoms with van der Waals surface area (Å²) < 4.78 is 69.0. The topological polar surface area (TPSA) is 51.6 Å². The van der Waals surface area contributed by atoms with Crippen LogP contribution >= 0.6 is 0 Å². The smallest absolute Gasteiger partial charge is 0.491 e. The maximum Gasteiger partial charge on any atom is 0.574 e. The molecule has 0 bridgehead atoms. The molecule has 0 aliphatic heterocycles. The summed E-state index contributed by atoms with van der Waals surface area (Å²) in [5.74, 6) is -1.70. The van der Waals surface area contributed by atoms with Gasteiger partial charge in [0.1, 0.15) is 5.69 Å². The van der Waals surface area contributed by atoms with Crippen LogP contribution in [0.5, 0.6) is 11.6 Å². The number of pyridine rings is 1.